The van der Waals surface area contributed by atoms with E-state index in [9.17, 15) is 18.0 Å². The van der Waals surface area contributed by atoms with Crippen LogP contribution in [0.3, 0.4) is 0 Å². The van der Waals surface area contributed by atoms with E-state index in [-0.39, 0.29) is 13.0 Å². The fraction of sp³-hybridized carbons (Fsp3) is 0.929. The normalized spacial score (nSPS) is 16.1. The molecule has 8 heteroatoms. The second-order valence-corrected chi connectivity index (χ2v) is 5.45. The van der Waals surface area contributed by atoms with Gasteiger partial charge in [0.1, 0.15) is 0 Å². The van der Waals surface area contributed by atoms with Gasteiger partial charge in [0.05, 0.1) is 6.10 Å². The van der Waals surface area contributed by atoms with Crippen molar-refractivity contribution < 1.29 is 27.8 Å². The number of ether oxygens (including phenoxy) is 1. The summed E-state index contributed by atoms with van der Waals surface area (Å²) < 4.78 is 45.1. The van der Waals surface area contributed by atoms with E-state index in [1.807, 2.05) is 6.92 Å². The molecule has 0 aromatic carbocycles. The van der Waals surface area contributed by atoms with Crippen LogP contribution in [0.2, 0.25) is 0 Å². The molecule has 0 aromatic rings. The molecule has 0 radical (unpaired) electrons. The number of amides is 1. The molecule has 0 aromatic heterocycles. The van der Waals surface area contributed by atoms with E-state index in [1.54, 1.807) is 12.3 Å². The van der Waals surface area contributed by atoms with Gasteiger partial charge in [0.2, 0.25) is 5.60 Å². The number of hydrazine groups is 1. The van der Waals surface area contributed by atoms with Crippen molar-refractivity contribution in [3.05, 3.63) is 0 Å². The first-order valence-corrected chi connectivity index (χ1v) is 7.61. The van der Waals surface area contributed by atoms with Gasteiger partial charge < -0.3 is 9.84 Å². The Labute approximate surface area is 129 Å². The molecule has 5 nitrogen and oxygen atoms in total. The van der Waals surface area contributed by atoms with Crippen LogP contribution in [0.15, 0.2) is 0 Å². The number of alkyl halides is 3. The van der Waals surface area contributed by atoms with Gasteiger partial charge in [0, 0.05) is 6.61 Å². The lowest BCUT2D eigenvalue weighted by atomic mass is 9.93. The summed E-state index contributed by atoms with van der Waals surface area (Å²) in [7, 11) is 0. The molecule has 0 unspecified atom stereocenters. The Morgan fingerprint density at radius 3 is 2.36 bits per heavy atom. The van der Waals surface area contributed by atoms with Crippen LogP contribution in [0.25, 0.3) is 0 Å². The molecule has 132 valence electrons. The van der Waals surface area contributed by atoms with Gasteiger partial charge in [-0.25, -0.2) is 5.84 Å². The van der Waals surface area contributed by atoms with Gasteiger partial charge in [-0.05, 0) is 32.6 Å². The highest BCUT2D eigenvalue weighted by molar-refractivity contribution is 5.85. The van der Waals surface area contributed by atoms with E-state index in [0.717, 1.165) is 0 Å². The zero-order chi connectivity index (χ0) is 17.2. The van der Waals surface area contributed by atoms with Crippen molar-refractivity contribution in [1.29, 1.82) is 0 Å². The average molecular weight is 328 g/mol. The van der Waals surface area contributed by atoms with Gasteiger partial charge in [-0.1, -0.05) is 26.2 Å². The van der Waals surface area contributed by atoms with Crippen LogP contribution in [-0.4, -0.2) is 35.5 Å². The van der Waals surface area contributed by atoms with E-state index in [2.05, 4.69) is 0 Å². The molecule has 0 saturated heterocycles. The molecule has 0 spiro atoms. The van der Waals surface area contributed by atoms with E-state index in [1.165, 1.54) is 0 Å². The summed E-state index contributed by atoms with van der Waals surface area (Å²) in [5, 5.41) is 9.13. The van der Waals surface area contributed by atoms with Crippen LogP contribution < -0.4 is 11.3 Å². The Hall–Kier alpha value is -0.860. The first-order chi connectivity index (χ1) is 10.2. The van der Waals surface area contributed by atoms with E-state index >= 15 is 0 Å². The van der Waals surface area contributed by atoms with E-state index in [4.69, 9.17) is 15.7 Å². The minimum Gasteiger partial charge on any atom is -0.393 e. The zero-order valence-corrected chi connectivity index (χ0v) is 13.2. The van der Waals surface area contributed by atoms with Crippen molar-refractivity contribution in [3.63, 3.8) is 0 Å². The molecule has 0 aliphatic carbocycles. The second kappa shape index (κ2) is 10.0. The molecule has 2 atom stereocenters. The van der Waals surface area contributed by atoms with Crippen molar-refractivity contribution in [2.45, 2.75) is 76.7 Å². The van der Waals surface area contributed by atoms with Gasteiger partial charge in [-0.3, -0.25) is 10.2 Å². The molecule has 0 aliphatic heterocycles. The van der Waals surface area contributed by atoms with Gasteiger partial charge >= 0.3 is 6.18 Å². The lowest BCUT2D eigenvalue weighted by Gasteiger charge is -2.33. The minimum absolute atomic E-state index is 0.156. The summed E-state index contributed by atoms with van der Waals surface area (Å²) in [5.41, 5.74) is -1.33. The molecular formula is C14H27F3N2O3. The summed E-state index contributed by atoms with van der Waals surface area (Å²) in [5.74, 6) is 3.55. The van der Waals surface area contributed by atoms with Crippen molar-refractivity contribution >= 4 is 5.91 Å². The average Bonchev–Trinajstić information content (AvgIpc) is 2.42. The lowest BCUT2D eigenvalue weighted by molar-refractivity contribution is -0.270. The third kappa shape index (κ3) is 6.50. The Balaban J connectivity index is 4.84. The molecule has 0 saturated carbocycles. The number of hydrogen-bond donors (Lipinski definition) is 3. The number of unbranched alkanes of at least 4 members (excludes halogenated alkanes) is 3. The predicted octanol–water partition coefficient (Wildman–Crippen LogP) is 2.43. The lowest BCUT2D eigenvalue weighted by Crippen LogP contribution is -2.60. The smallest absolute Gasteiger partial charge is 0.393 e. The predicted molar refractivity (Wildman–Crippen MR) is 76.7 cm³/mol. The quantitative estimate of drug-likeness (QED) is 0.235. The molecule has 0 rings (SSSR count). The van der Waals surface area contributed by atoms with Crippen LogP contribution in [0.1, 0.15) is 58.8 Å². The number of rotatable bonds is 11. The largest absolute Gasteiger partial charge is 0.426 e. The monoisotopic (exact) mass is 328 g/mol. The molecular weight excluding hydrogens is 301 g/mol. The Kier molecular flexibility index (Phi) is 9.63. The molecule has 0 aliphatic rings. The van der Waals surface area contributed by atoms with E-state index in [0.29, 0.717) is 32.1 Å². The SMILES string of the molecule is CCCCO[C@](CCCCC[C@H](C)O)(C(=O)NN)C(F)(F)F. The number of aliphatic hydroxyl groups excluding tert-OH is 1. The first kappa shape index (κ1) is 21.1. The van der Waals surface area contributed by atoms with Gasteiger partial charge in [-0.2, -0.15) is 13.2 Å². The van der Waals surface area contributed by atoms with Crippen molar-refractivity contribution in [1.82, 2.24) is 5.43 Å². The highest BCUT2D eigenvalue weighted by Gasteiger charge is 2.61. The van der Waals surface area contributed by atoms with Crippen LogP contribution >= 0.6 is 0 Å². The summed E-state index contributed by atoms with van der Waals surface area (Å²) >= 11 is 0. The molecule has 0 fully saturated rings. The molecule has 4 N–H and O–H groups in total. The number of aliphatic hydroxyl groups is 1. The zero-order valence-electron chi connectivity index (χ0n) is 13.2. The van der Waals surface area contributed by atoms with Crippen molar-refractivity contribution in [2.24, 2.45) is 5.84 Å². The summed E-state index contributed by atoms with van der Waals surface area (Å²) in [6, 6.07) is 0. The molecule has 0 bridgehead atoms. The second-order valence-electron chi connectivity index (χ2n) is 5.45. The van der Waals surface area contributed by atoms with Crippen LogP contribution in [0, 0.1) is 0 Å². The fourth-order valence-corrected chi connectivity index (χ4v) is 2.10. The number of carbonyl (C=O) groups excluding carboxylic acids is 1. The standard InChI is InChI=1S/C14H27F3N2O3/c1-3-4-10-22-13(12(21)19-18,14(15,16)17)9-7-5-6-8-11(2)20/h11,20H,3-10,18H2,1-2H3,(H,19,21)/t11-,13+/m0/s1. The van der Waals surface area contributed by atoms with Gasteiger partial charge in [0.15, 0.2) is 0 Å². The highest BCUT2D eigenvalue weighted by atomic mass is 19.4. The number of hydrogen-bond acceptors (Lipinski definition) is 4. The highest BCUT2D eigenvalue weighted by Crippen LogP contribution is 2.38. The van der Waals surface area contributed by atoms with E-state index < -0.39 is 30.2 Å². The van der Waals surface area contributed by atoms with Crippen LogP contribution in [0.5, 0.6) is 0 Å². The Bertz CT molecular complexity index is 325. The Morgan fingerprint density at radius 2 is 1.91 bits per heavy atom. The summed E-state index contributed by atoms with van der Waals surface area (Å²) in [6.45, 7) is 3.28. The number of nitrogens with two attached hydrogens (primary N) is 1. The third-order valence-electron chi connectivity index (χ3n) is 3.45. The van der Waals surface area contributed by atoms with Gasteiger partial charge in [-0.15, -0.1) is 0 Å². The maximum absolute atomic E-state index is 13.4. The van der Waals surface area contributed by atoms with Crippen LogP contribution in [0.4, 0.5) is 13.2 Å². The summed E-state index contributed by atoms with van der Waals surface area (Å²) in [4.78, 5) is 11.7. The van der Waals surface area contributed by atoms with Crippen molar-refractivity contribution in [2.75, 3.05) is 6.61 Å². The maximum atomic E-state index is 13.4. The topological polar surface area (TPSA) is 84.6 Å². The van der Waals surface area contributed by atoms with Gasteiger partial charge in [0.25, 0.3) is 5.91 Å². The minimum atomic E-state index is -4.84. The number of halogens is 3. The first-order valence-electron chi connectivity index (χ1n) is 7.61. The fourth-order valence-electron chi connectivity index (χ4n) is 2.10. The third-order valence-corrected chi connectivity index (χ3v) is 3.45. The molecule has 22 heavy (non-hydrogen) atoms. The number of nitrogens with one attached hydrogen (secondary N) is 1. The maximum Gasteiger partial charge on any atom is 0.426 e. The summed E-state index contributed by atoms with van der Waals surface area (Å²) in [6.07, 6.45) is -2.99. The van der Waals surface area contributed by atoms with Crippen LogP contribution in [-0.2, 0) is 9.53 Å². The Morgan fingerprint density at radius 1 is 1.27 bits per heavy atom. The molecule has 0 heterocycles. The number of carbonyl (C=O) groups is 1. The molecule has 1 amide bonds. The van der Waals surface area contributed by atoms with Crippen molar-refractivity contribution in [3.8, 4) is 0 Å².